The highest BCUT2D eigenvalue weighted by atomic mass is 35.5. The largest absolute Gasteiger partial charge is 0.444 e. The van der Waals surface area contributed by atoms with Gasteiger partial charge in [-0.15, -0.1) is 0 Å². The summed E-state index contributed by atoms with van der Waals surface area (Å²) >= 11 is 5.98. The van der Waals surface area contributed by atoms with Crippen molar-refractivity contribution in [3.05, 3.63) is 101 Å². The minimum Gasteiger partial charge on any atom is -0.444 e. The van der Waals surface area contributed by atoms with Crippen molar-refractivity contribution in [1.29, 1.82) is 0 Å². The quantitative estimate of drug-likeness (QED) is 0.380. The summed E-state index contributed by atoms with van der Waals surface area (Å²) in [5.41, 5.74) is 1.58. The predicted molar refractivity (Wildman–Crippen MR) is 157 cm³/mol. The Morgan fingerprint density at radius 1 is 0.902 bits per heavy atom. The van der Waals surface area contributed by atoms with Crippen molar-refractivity contribution in [3.63, 3.8) is 0 Å². The van der Waals surface area contributed by atoms with Crippen molar-refractivity contribution < 1.29 is 22.7 Å². The molecule has 3 aromatic rings. The normalized spacial score (nSPS) is 20.0. The maximum Gasteiger partial charge on any atom is 0.410 e. The number of carbonyl (C=O) groups is 2. The van der Waals surface area contributed by atoms with Crippen molar-refractivity contribution in [2.45, 2.75) is 50.4 Å². The maximum absolute atomic E-state index is 13.6. The highest BCUT2D eigenvalue weighted by Crippen LogP contribution is 2.46. The zero-order chi connectivity index (χ0) is 29.4. The molecule has 1 saturated carbocycles. The molecule has 216 valence electrons. The third-order valence-electron chi connectivity index (χ3n) is 7.37. The van der Waals surface area contributed by atoms with E-state index in [1.165, 1.54) is 16.4 Å². The Hall–Kier alpha value is -3.40. The fraction of sp³-hybridized carbons (Fsp3) is 0.355. The number of piperidine rings is 1. The number of nitrogens with zero attached hydrogens (tertiary/aromatic N) is 2. The van der Waals surface area contributed by atoms with Crippen LogP contribution < -0.4 is 5.32 Å². The van der Waals surface area contributed by atoms with Crippen molar-refractivity contribution in [3.8, 4) is 0 Å². The monoisotopic (exact) mass is 595 g/mol. The molecule has 2 fully saturated rings. The molecule has 2 amide bonds. The first-order valence-corrected chi connectivity index (χ1v) is 15.4. The van der Waals surface area contributed by atoms with E-state index in [0.29, 0.717) is 23.7 Å². The number of fused-ring (bicyclic) bond motifs is 1. The SMILES string of the molecule is CC(C)(C)OC(=O)N1C[C@@H]2C(NC(=O)c3ccc(CN(Cc4ccccc4)S(=O)(=O)c4ccc(Cl)cc4)cc3)[C@@H]2C1. The van der Waals surface area contributed by atoms with Crippen LogP contribution in [0.3, 0.4) is 0 Å². The summed E-state index contributed by atoms with van der Waals surface area (Å²) in [7, 11) is -3.82. The Bertz CT molecular complexity index is 1490. The molecule has 8 nitrogen and oxygen atoms in total. The van der Waals surface area contributed by atoms with Crippen LogP contribution in [0.5, 0.6) is 0 Å². The molecule has 41 heavy (non-hydrogen) atoms. The summed E-state index contributed by atoms with van der Waals surface area (Å²) < 4.78 is 34.0. The number of carbonyl (C=O) groups excluding carboxylic acids is 2. The van der Waals surface area contributed by atoms with Gasteiger partial charge in [-0.25, -0.2) is 13.2 Å². The number of hydrogen-bond donors (Lipinski definition) is 1. The van der Waals surface area contributed by atoms with E-state index in [9.17, 15) is 18.0 Å². The molecule has 1 aliphatic heterocycles. The van der Waals surface area contributed by atoms with Gasteiger partial charge in [-0.2, -0.15) is 4.31 Å². The number of hydrogen-bond acceptors (Lipinski definition) is 5. The van der Waals surface area contributed by atoms with Crippen LogP contribution in [-0.4, -0.2) is 54.4 Å². The van der Waals surface area contributed by atoms with Crippen LogP contribution in [0.2, 0.25) is 5.02 Å². The average Bonchev–Trinajstić information content (AvgIpc) is 3.34. The molecule has 3 aromatic carbocycles. The minimum atomic E-state index is -3.82. The molecule has 0 radical (unpaired) electrons. The van der Waals surface area contributed by atoms with Crippen molar-refractivity contribution in [2.24, 2.45) is 11.8 Å². The molecular formula is C31H34ClN3O5S. The second-order valence-electron chi connectivity index (χ2n) is 11.6. The zero-order valence-corrected chi connectivity index (χ0v) is 24.9. The maximum atomic E-state index is 13.6. The second kappa shape index (κ2) is 11.5. The van der Waals surface area contributed by atoms with E-state index in [1.807, 2.05) is 51.1 Å². The number of halogens is 1. The first-order valence-electron chi connectivity index (χ1n) is 13.6. The van der Waals surface area contributed by atoms with Gasteiger partial charge in [0.25, 0.3) is 5.91 Å². The van der Waals surface area contributed by atoms with Gasteiger partial charge in [0.05, 0.1) is 4.90 Å². The minimum absolute atomic E-state index is 0.0340. The van der Waals surface area contributed by atoms with Gasteiger partial charge in [-0.3, -0.25) is 4.79 Å². The smallest absolute Gasteiger partial charge is 0.410 e. The van der Waals surface area contributed by atoms with Crippen LogP contribution in [0.1, 0.15) is 42.3 Å². The van der Waals surface area contributed by atoms with E-state index < -0.39 is 15.6 Å². The molecule has 10 heteroatoms. The molecule has 0 bridgehead atoms. The van der Waals surface area contributed by atoms with Crippen molar-refractivity contribution in [1.82, 2.24) is 14.5 Å². The van der Waals surface area contributed by atoms with E-state index in [2.05, 4.69) is 5.32 Å². The molecule has 1 unspecified atom stereocenters. The van der Waals surface area contributed by atoms with Crippen molar-refractivity contribution in [2.75, 3.05) is 13.1 Å². The van der Waals surface area contributed by atoms with Crippen LogP contribution in [0.25, 0.3) is 0 Å². The topological polar surface area (TPSA) is 96.0 Å². The number of likely N-dealkylation sites (tertiary alicyclic amines) is 1. The summed E-state index contributed by atoms with van der Waals surface area (Å²) in [6.45, 7) is 7.00. The molecule has 1 heterocycles. The number of nitrogens with one attached hydrogen (secondary N) is 1. The molecule has 1 saturated heterocycles. The molecule has 2 aliphatic rings. The Labute approximate surface area is 246 Å². The van der Waals surface area contributed by atoms with Crippen LogP contribution in [0.15, 0.2) is 83.8 Å². The second-order valence-corrected chi connectivity index (χ2v) is 14.0. The van der Waals surface area contributed by atoms with Crippen LogP contribution in [0.4, 0.5) is 4.79 Å². The van der Waals surface area contributed by atoms with E-state index in [4.69, 9.17) is 16.3 Å². The first kappa shape index (κ1) is 29.1. The van der Waals surface area contributed by atoms with E-state index in [0.717, 1.165) is 11.1 Å². The van der Waals surface area contributed by atoms with Crippen molar-refractivity contribution >= 4 is 33.6 Å². The molecule has 5 rings (SSSR count). The summed E-state index contributed by atoms with van der Waals surface area (Å²) in [6.07, 6.45) is -0.315. The van der Waals surface area contributed by atoms with Gasteiger partial charge in [-0.05, 0) is 68.3 Å². The molecule has 1 aliphatic carbocycles. The van der Waals surface area contributed by atoms with Gasteiger partial charge in [0, 0.05) is 54.6 Å². The summed E-state index contributed by atoms with van der Waals surface area (Å²) in [5.74, 6) is 0.278. The van der Waals surface area contributed by atoms with E-state index in [-0.39, 0.29) is 47.9 Å². The van der Waals surface area contributed by atoms with Gasteiger partial charge in [0.15, 0.2) is 0 Å². The Kier molecular flexibility index (Phi) is 8.14. The molecule has 0 aromatic heterocycles. The zero-order valence-electron chi connectivity index (χ0n) is 23.3. The number of amides is 2. The van der Waals surface area contributed by atoms with Crippen LogP contribution in [-0.2, 0) is 27.8 Å². The fourth-order valence-corrected chi connectivity index (χ4v) is 6.73. The van der Waals surface area contributed by atoms with Gasteiger partial charge in [0.1, 0.15) is 5.60 Å². The highest BCUT2D eigenvalue weighted by Gasteiger charge is 2.58. The van der Waals surface area contributed by atoms with Gasteiger partial charge >= 0.3 is 6.09 Å². The Morgan fingerprint density at radius 3 is 2.02 bits per heavy atom. The standard InChI is InChI=1S/C31H34ClN3O5S/c1-31(2,3)40-30(37)34-19-26-27(20-34)28(26)33-29(36)23-11-9-22(10-12-23)18-35(17-21-7-5-4-6-8-21)41(38,39)25-15-13-24(32)14-16-25/h4-16,26-28H,17-20H2,1-3H3,(H,33,36)/t26-,27+,28?. The molecule has 3 atom stereocenters. The Balaban J connectivity index is 1.22. The lowest BCUT2D eigenvalue weighted by Gasteiger charge is -2.26. The lowest BCUT2D eigenvalue weighted by atomic mass is 10.1. The number of rotatable bonds is 8. The average molecular weight is 596 g/mol. The number of benzene rings is 3. The van der Waals surface area contributed by atoms with Crippen LogP contribution >= 0.6 is 11.6 Å². The first-order chi connectivity index (χ1) is 19.4. The van der Waals surface area contributed by atoms with E-state index >= 15 is 0 Å². The Morgan fingerprint density at radius 2 is 1.46 bits per heavy atom. The highest BCUT2D eigenvalue weighted by molar-refractivity contribution is 7.89. The lowest BCUT2D eigenvalue weighted by molar-refractivity contribution is 0.0270. The summed E-state index contributed by atoms with van der Waals surface area (Å²) in [5, 5.41) is 3.55. The number of ether oxygens (including phenoxy) is 1. The van der Waals surface area contributed by atoms with Gasteiger partial charge in [0.2, 0.25) is 10.0 Å². The third kappa shape index (κ3) is 6.92. The summed E-state index contributed by atoms with van der Waals surface area (Å²) in [6, 6.07) is 22.6. The fourth-order valence-electron chi connectivity index (χ4n) is 5.18. The molecular weight excluding hydrogens is 562 g/mol. The van der Waals surface area contributed by atoms with E-state index in [1.54, 1.807) is 41.3 Å². The molecule has 0 spiro atoms. The lowest BCUT2D eigenvalue weighted by Crippen LogP contribution is -2.40. The predicted octanol–water partition coefficient (Wildman–Crippen LogP) is 5.33. The molecule has 1 N–H and O–H groups in total. The number of sulfonamides is 1. The third-order valence-corrected chi connectivity index (χ3v) is 9.43. The van der Waals surface area contributed by atoms with Crippen LogP contribution in [0, 0.1) is 11.8 Å². The summed E-state index contributed by atoms with van der Waals surface area (Å²) in [4.78, 5) is 27.1. The van der Waals surface area contributed by atoms with Gasteiger partial charge in [-0.1, -0.05) is 54.1 Å². The van der Waals surface area contributed by atoms with Gasteiger partial charge < -0.3 is 15.0 Å².